The van der Waals surface area contributed by atoms with Crippen LogP contribution in [0, 0.1) is 5.41 Å². The Morgan fingerprint density at radius 2 is 1.83 bits per heavy atom. The van der Waals surface area contributed by atoms with Crippen LogP contribution < -0.4 is 20.7 Å². The second kappa shape index (κ2) is 11.0. The molecule has 0 saturated carbocycles. The van der Waals surface area contributed by atoms with Crippen molar-refractivity contribution in [3.05, 3.63) is 29.8 Å². The monoisotopic (exact) mass is 403 g/mol. The van der Waals surface area contributed by atoms with Crippen LogP contribution in [0.3, 0.4) is 0 Å². The lowest BCUT2D eigenvalue weighted by Gasteiger charge is -2.35. The third kappa shape index (κ3) is 6.63. The number of nitrogens with one attached hydrogen (secondary N) is 3. The maximum Gasteiger partial charge on any atom is 0.227 e. The van der Waals surface area contributed by atoms with Gasteiger partial charge in [0, 0.05) is 27.2 Å². The molecule has 3 N–H and O–H groups in total. The van der Waals surface area contributed by atoms with E-state index in [4.69, 9.17) is 4.74 Å². The third-order valence-electron chi connectivity index (χ3n) is 5.56. The van der Waals surface area contributed by atoms with Crippen LogP contribution in [0.2, 0.25) is 0 Å². The van der Waals surface area contributed by atoms with Gasteiger partial charge >= 0.3 is 0 Å². The molecular formula is C22H37N5O2. The fourth-order valence-electron chi connectivity index (χ4n) is 3.65. The summed E-state index contributed by atoms with van der Waals surface area (Å²) in [4.78, 5) is 18.9. The Morgan fingerprint density at radius 1 is 1.17 bits per heavy atom. The highest BCUT2D eigenvalue weighted by atomic mass is 16.5. The van der Waals surface area contributed by atoms with Crippen molar-refractivity contribution in [2.24, 2.45) is 10.4 Å². The highest BCUT2D eigenvalue weighted by Crippen LogP contribution is 2.26. The first-order valence-corrected chi connectivity index (χ1v) is 10.5. The minimum Gasteiger partial charge on any atom is -0.497 e. The number of piperidine rings is 1. The van der Waals surface area contributed by atoms with Gasteiger partial charge in [0.2, 0.25) is 5.91 Å². The molecule has 1 unspecified atom stereocenters. The van der Waals surface area contributed by atoms with Crippen LogP contribution in [0.1, 0.15) is 44.7 Å². The molecule has 162 valence electrons. The van der Waals surface area contributed by atoms with E-state index < -0.39 is 5.41 Å². The summed E-state index contributed by atoms with van der Waals surface area (Å²) >= 11 is 0. The van der Waals surface area contributed by atoms with Crippen molar-refractivity contribution in [2.75, 3.05) is 47.4 Å². The van der Waals surface area contributed by atoms with Gasteiger partial charge in [-0.3, -0.25) is 14.7 Å². The normalized spacial score (nSPS) is 16.8. The Bertz CT molecular complexity index is 666. The molecule has 0 aliphatic carbocycles. The fraction of sp³-hybridized carbons (Fsp3) is 0.636. The molecule has 2 rings (SSSR count). The number of hydrogen-bond donors (Lipinski definition) is 3. The van der Waals surface area contributed by atoms with E-state index >= 15 is 0 Å². The number of ether oxygens (including phenoxy) is 1. The van der Waals surface area contributed by atoms with Crippen LogP contribution in [0.5, 0.6) is 5.75 Å². The average molecular weight is 404 g/mol. The van der Waals surface area contributed by atoms with Crippen molar-refractivity contribution in [3.63, 3.8) is 0 Å². The molecule has 1 atom stereocenters. The van der Waals surface area contributed by atoms with E-state index in [1.807, 2.05) is 26.0 Å². The van der Waals surface area contributed by atoms with Gasteiger partial charge in [-0.1, -0.05) is 18.6 Å². The maximum atomic E-state index is 12.0. The van der Waals surface area contributed by atoms with E-state index in [2.05, 4.69) is 38.0 Å². The van der Waals surface area contributed by atoms with Gasteiger partial charge in [-0.05, 0) is 57.5 Å². The molecule has 7 heteroatoms. The summed E-state index contributed by atoms with van der Waals surface area (Å²) in [6.45, 7) is 7.29. The molecule has 1 aromatic rings. The predicted molar refractivity (Wildman–Crippen MR) is 118 cm³/mol. The Morgan fingerprint density at radius 3 is 2.38 bits per heavy atom. The highest BCUT2D eigenvalue weighted by Gasteiger charge is 2.27. The number of rotatable bonds is 8. The van der Waals surface area contributed by atoms with Gasteiger partial charge in [-0.15, -0.1) is 0 Å². The summed E-state index contributed by atoms with van der Waals surface area (Å²) in [7, 11) is 5.11. The Hall–Kier alpha value is -2.28. The molecule has 0 spiro atoms. The van der Waals surface area contributed by atoms with Crippen LogP contribution in [0.25, 0.3) is 0 Å². The minimum atomic E-state index is -0.519. The Labute approximate surface area is 175 Å². The summed E-state index contributed by atoms with van der Waals surface area (Å²) in [6.07, 6.45) is 3.77. The zero-order chi connectivity index (χ0) is 21.3. The van der Waals surface area contributed by atoms with E-state index in [1.54, 1.807) is 21.2 Å². The summed E-state index contributed by atoms with van der Waals surface area (Å²) in [5.41, 5.74) is 0.746. The lowest BCUT2D eigenvalue weighted by atomic mass is 9.92. The smallest absolute Gasteiger partial charge is 0.227 e. The predicted octanol–water partition coefficient (Wildman–Crippen LogP) is 2.16. The first-order chi connectivity index (χ1) is 13.9. The molecule has 1 fully saturated rings. The molecular weight excluding hydrogens is 366 g/mol. The maximum absolute atomic E-state index is 12.0. The quantitative estimate of drug-likeness (QED) is 0.458. The molecule has 1 aliphatic rings. The minimum absolute atomic E-state index is 0.00452. The summed E-state index contributed by atoms with van der Waals surface area (Å²) in [5.74, 6) is 1.58. The number of benzene rings is 1. The van der Waals surface area contributed by atoms with Gasteiger partial charge in [0.25, 0.3) is 0 Å². The number of carbonyl (C=O) groups excluding carboxylic acids is 1. The Kier molecular flexibility index (Phi) is 8.76. The lowest BCUT2D eigenvalue weighted by Crippen LogP contribution is -2.49. The number of hydrogen-bond acceptors (Lipinski definition) is 4. The second-order valence-electron chi connectivity index (χ2n) is 8.16. The fourth-order valence-corrected chi connectivity index (χ4v) is 3.65. The molecule has 0 radical (unpaired) electrons. The molecule has 0 bridgehead atoms. The third-order valence-corrected chi connectivity index (χ3v) is 5.56. The van der Waals surface area contributed by atoms with Gasteiger partial charge in [-0.25, -0.2) is 0 Å². The largest absolute Gasteiger partial charge is 0.497 e. The highest BCUT2D eigenvalue weighted by molar-refractivity contribution is 5.84. The van der Waals surface area contributed by atoms with Crippen molar-refractivity contribution in [3.8, 4) is 5.75 Å². The summed E-state index contributed by atoms with van der Waals surface area (Å²) in [6, 6.07) is 8.58. The van der Waals surface area contributed by atoms with Crippen molar-refractivity contribution >= 4 is 11.9 Å². The van der Waals surface area contributed by atoms with Crippen molar-refractivity contribution < 1.29 is 9.53 Å². The summed E-state index contributed by atoms with van der Waals surface area (Å²) < 4.78 is 5.31. The first-order valence-electron chi connectivity index (χ1n) is 10.5. The van der Waals surface area contributed by atoms with Crippen molar-refractivity contribution in [1.29, 1.82) is 0 Å². The molecule has 0 aromatic heterocycles. The van der Waals surface area contributed by atoms with Crippen LogP contribution in [0.15, 0.2) is 29.3 Å². The van der Waals surface area contributed by atoms with Gasteiger partial charge in [0.1, 0.15) is 5.75 Å². The lowest BCUT2D eigenvalue weighted by molar-refractivity contribution is -0.128. The Balaban J connectivity index is 2.04. The molecule has 1 aromatic carbocycles. The number of carbonyl (C=O) groups is 1. The van der Waals surface area contributed by atoms with Gasteiger partial charge in [0.05, 0.1) is 18.6 Å². The van der Waals surface area contributed by atoms with Crippen LogP contribution in [-0.4, -0.2) is 64.2 Å². The molecule has 7 nitrogen and oxygen atoms in total. The van der Waals surface area contributed by atoms with E-state index in [0.717, 1.165) is 25.4 Å². The van der Waals surface area contributed by atoms with Gasteiger partial charge in [0.15, 0.2) is 5.96 Å². The van der Waals surface area contributed by atoms with Gasteiger partial charge < -0.3 is 20.7 Å². The van der Waals surface area contributed by atoms with E-state index in [1.165, 1.54) is 24.8 Å². The zero-order valence-corrected chi connectivity index (χ0v) is 18.5. The molecule has 29 heavy (non-hydrogen) atoms. The number of guanidine groups is 1. The van der Waals surface area contributed by atoms with Crippen molar-refractivity contribution in [2.45, 2.75) is 39.2 Å². The topological polar surface area (TPSA) is 78.0 Å². The standard InChI is InChI=1S/C22H37N5O2/c1-22(2,20(28)23-3)16-26-21(24-4)25-15-19(27-13-7-6-8-14-27)17-9-11-18(29-5)12-10-17/h9-12,19H,6-8,13-16H2,1-5H3,(H,23,28)(H2,24,25,26). The summed E-state index contributed by atoms with van der Waals surface area (Å²) in [5, 5.41) is 9.47. The van der Waals surface area contributed by atoms with E-state index in [0.29, 0.717) is 12.5 Å². The SMILES string of the molecule is CN=C(NCC(c1ccc(OC)cc1)N1CCCCC1)NCC(C)(C)C(=O)NC. The van der Waals surface area contributed by atoms with Crippen LogP contribution in [0.4, 0.5) is 0 Å². The first kappa shape index (κ1) is 23.0. The number of likely N-dealkylation sites (tertiary alicyclic amines) is 1. The zero-order valence-electron chi connectivity index (χ0n) is 18.5. The number of nitrogens with zero attached hydrogens (tertiary/aromatic N) is 2. The van der Waals surface area contributed by atoms with Crippen molar-refractivity contribution in [1.82, 2.24) is 20.9 Å². The molecule has 1 aliphatic heterocycles. The van der Waals surface area contributed by atoms with E-state index in [-0.39, 0.29) is 11.9 Å². The number of aliphatic imine (C=N–C) groups is 1. The molecule has 1 amide bonds. The van der Waals surface area contributed by atoms with Gasteiger partial charge in [-0.2, -0.15) is 0 Å². The van der Waals surface area contributed by atoms with Crippen LogP contribution in [-0.2, 0) is 4.79 Å². The number of amides is 1. The number of methoxy groups -OCH3 is 1. The molecule has 1 heterocycles. The van der Waals surface area contributed by atoms with Crippen LogP contribution >= 0.6 is 0 Å². The van der Waals surface area contributed by atoms with E-state index in [9.17, 15) is 4.79 Å². The molecule has 1 saturated heterocycles. The average Bonchev–Trinajstić information content (AvgIpc) is 2.76. The second-order valence-corrected chi connectivity index (χ2v) is 8.16.